The number of sulfonamides is 1. The Bertz CT molecular complexity index is 860. The van der Waals surface area contributed by atoms with E-state index >= 15 is 0 Å². The fourth-order valence-electron chi connectivity index (χ4n) is 3.31. The van der Waals surface area contributed by atoms with Gasteiger partial charge in [-0.1, -0.05) is 30.3 Å². The lowest BCUT2D eigenvalue weighted by Gasteiger charge is -2.34. The molecule has 0 aliphatic carbocycles. The maximum Gasteiger partial charge on any atom is 0.333 e. The molecule has 0 amide bonds. The molecule has 2 heterocycles. The molecule has 1 aromatic heterocycles. The minimum absolute atomic E-state index is 0.0239. The Morgan fingerprint density at radius 1 is 1.08 bits per heavy atom. The third kappa shape index (κ3) is 3.65. The van der Waals surface area contributed by atoms with Gasteiger partial charge in [-0.25, -0.2) is 13.1 Å². The van der Waals surface area contributed by atoms with Crippen molar-refractivity contribution in [3.05, 3.63) is 47.3 Å². The van der Waals surface area contributed by atoms with E-state index in [9.17, 15) is 17.2 Å². The van der Waals surface area contributed by atoms with Crippen LogP contribution < -0.4 is 0 Å². The van der Waals surface area contributed by atoms with Crippen LogP contribution in [0.3, 0.4) is 0 Å². The van der Waals surface area contributed by atoms with Crippen LogP contribution in [0.5, 0.6) is 0 Å². The van der Waals surface area contributed by atoms with Gasteiger partial charge in [0, 0.05) is 32.7 Å². The molecule has 0 spiro atoms. The van der Waals surface area contributed by atoms with E-state index in [1.54, 1.807) is 0 Å². The van der Waals surface area contributed by atoms with Crippen molar-refractivity contribution in [1.29, 1.82) is 0 Å². The molecular weight excluding hydrogens is 362 g/mol. The Morgan fingerprint density at radius 3 is 2.23 bits per heavy atom. The van der Waals surface area contributed by atoms with Crippen molar-refractivity contribution >= 4 is 10.0 Å². The van der Waals surface area contributed by atoms with Gasteiger partial charge in [0.1, 0.15) is 4.90 Å². The zero-order valence-corrected chi connectivity index (χ0v) is 15.6. The molecule has 1 aromatic carbocycles. The first-order chi connectivity index (χ1) is 12.3. The van der Waals surface area contributed by atoms with Gasteiger partial charge in [-0.3, -0.25) is 4.90 Å². The highest BCUT2D eigenvalue weighted by atomic mass is 32.2. The third-order valence-electron chi connectivity index (χ3n) is 4.62. The molecule has 9 heteroatoms. The van der Waals surface area contributed by atoms with Crippen molar-refractivity contribution in [3.8, 4) is 0 Å². The second-order valence-corrected chi connectivity index (χ2v) is 8.26. The number of halogens is 2. The predicted octanol–water partition coefficient (Wildman–Crippen LogP) is 2.40. The van der Waals surface area contributed by atoms with Crippen molar-refractivity contribution in [2.45, 2.75) is 31.8 Å². The molecule has 2 aromatic rings. The van der Waals surface area contributed by atoms with Crippen molar-refractivity contribution < 1.29 is 17.2 Å². The highest BCUT2D eigenvalue weighted by Gasteiger charge is 2.34. The van der Waals surface area contributed by atoms with Crippen molar-refractivity contribution in [2.24, 2.45) is 0 Å². The Labute approximate surface area is 152 Å². The molecule has 0 bridgehead atoms. The number of piperazine rings is 1. The lowest BCUT2D eigenvalue weighted by Crippen LogP contribution is -2.48. The largest absolute Gasteiger partial charge is 0.333 e. The summed E-state index contributed by atoms with van der Waals surface area (Å²) in [5.74, 6) is 0. The van der Waals surface area contributed by atoms with Gasteiger partial charge in [0.25, 0.3) is 0 Å². The first kappa shape index (κ1) is 18.9. The second kappa shape index (κ2) is 7.42. The van der Waals surface area contributed by atoms with Crippen LogP contribution in [0.2, 0.25) is 0 Å². The highest BCUT2D eigenvalue weighted by molar-refractivity contribution is 7.89. The summed E-state index contributed by atoms with van der Waals surface area (Å²) in [4.78, 5) is 2.08. The molecule has 0 N–H and O–H groups in total. The van der Waals surface area contributed by atoms with E-state index in [0.717, 1.165) is 6.54 Å². The van der Waals surface area contributed by atoms with Gasteiger partial charge in [0.05, 0.1) is 11.4 Å². The van der Waals surface area contributed by atoms with Gasteiger partial charge in [0.15, 0.2) is 0 Å². The van der Waals surface area contributed by atoms with E-state index < -0.39 is 16.6 Å². The third-order valence-corrected chi connectivity index (χ3v) is 6.77. The zero-order chi connectivity index (χ0) is 18.9. The lowest BCUT2D eigenvalue weighted by atomic mass is 10.2. The lowest BCUT2D eigenvalue weighted by molar-refractivity contribution is 0.0538. The standard InChI is InChI=1S/C17H22F2N4O2S/c1-13-16(14(2)23(20-13)17(18)19)26(24,25)22-10-8-21(9-11-22)12-15-6-4-3-5-7-15/h3-7,17H,8-12H2,1-2H3. The van der Waals surface area contributed by atoms with E-state index in [2.05, 4.69) is 10.00 Å². The molecule has 1 saturated heterocycles. The first-order valence-corrected chi connectivity index (χ1v) is 9.85. The summed E-state index contributed by atoms with van der Waals surface area (Å²) in [6.45, 7) is 2.55. The number of hydrogen-bond donors (Lipinski definition) is 0. The molecule has 0 radical (unpaired) electrons. The summed E-state index contributed by atoms with van der Waals surface area (Å²) in [5, 5.41) is 3.69. The van der Waals surface area contributed by atoms with E-state index in [4.69, 9.17) is 0 Å². The quantitative estimate of drug-likeness (QED) is 0.794. The molecule has 1 aliphatic rings. The minimum atomic E-state index is -3.84. The van der Waals surface area contributed by atoms with Gasteiger partial charge in [-0.05, 0) is 19.4 Å². The second-order valence-electron chi connectivity index (χ2n) is 6.39. The Hall–Kier alpha value is -1.84. The minimum Gasteiger partial charge on any atom is -0.296 e. The molecule has 26 heavy (non-hydrogen) atoms. The molecule has 0 unspecified atom stereocenters. The van der Waals surface area contributed by atoms with E-state index in [-0.39, 0.29) is 16.3 Å². The van der Waals surface area contributed by atoms with Gasteiger partial charge in [0.2, 0.25) is 10.0 Å². The van der Waals surface area contributed by atoms with Gasteiger partial charge < -0.3 is 0 Å². The van der Waals surface area contributed by atoms with E-state index in [1.807, 2.05) is 30.3 Å². The number of benzene rings is 1. The Morgan fingerprint density at radius 2 is 1.69 bits per heavy atom. The maximum atomic E-state index is 13.0. The highest BCUT2D eigenvalue weighted by Crippen LogP contribution is 2.27. The molecule has 3 rings (SSSR count). The normalized spacial score (nSPS) is 17.1. The summed E-state index contributed by atoms with van der Waals surface area (Å²) < 4.78 is 53.7. The molecule has 1 aliphatic heterocycles. The number of hydrogen-bond acceptors (Lipinski definition) is 4. The van der Waals surface area contributed by atoms with Gasteiger partial charge in [-0.15, -0.1) is 0 Å². The predicted molar refractivity (Wildman–Crippen MR) is 93.4 cm³/mol. The number of alkyl halides is 2. The molecule has 6 nitrogen and oxygen atoms in total. The Kier molecular flexibility index (Phi) is 5.40. The van der Waals surface area contributed by atoms with Crippen LogP contribution in [0.25, 0.3) is 0 Å². The SMILES string of the molecule is Cc1nn(C(F)F)c(C)c1S(=O)(=O)N1CCN(Cc2ccccc2)CC1. The molecular formula is C17H22F2N4O2S. The smallest absolute Gasteiger partial charge is 0.296 e. The topological polar surface area (TPSA) is 58.4 Å². The van der Waals surface area contributed by atoms with Crippen LogP contribution in [0.15, 0.2) is 35.2 Å². The number of aryl methyl sites for hydroxylation is 1. The average molecular weight is 384 g/mol. The van der Waals surface area contributed by atoms with Crippen LogP contribution in [-0.4, -0.2) is 53.6 Å². The summed E-state index contributed by atoms with van der Waals surface area (Å²) in [7, 11) is -3.84. The molecule has 1 fully saturated rings. The van der Waals surface area contributed by atoms with Crippen LogP contribution in [0.1, 0.15) is 23.5 Å². The van der Waals surface area contributed by atoms with Crippen LogP contribution in [-0.2, 0) is 16.6 Å². The molecule has 0 atom stereocenters. The van der Waals surface area contributed by atoms with Crippen LogP contribution in [0, 0.1) is 13.8 Å². The van der Waals surface area contributed by atoms with Crippen molar-refractivity contribution in [3.63, 3.8) is 0 Å². The summed E-state index contributed by atoms with van der Waals surface area (Å²) >= 11 is 0. The van der Waals surface area contributed by atoms with Crippen molar-refractivity contribution in [1.82, 2.24) is 19.0 Å². The van der Waals surface area contributed by atoms with Crippen LogP contribution in [0.4, 0.5) is 8.78 Å². The van der Waals surface area contributed by atoms with Crippen LogP contribution >= 0.6 is 0 Å². The van der Waals surface area contributed by atoms with E-state index in [0.29, 0.717) is 30.9 Å². The number of nitrogens with zero attached hydrogens (tertiary/aromatic N) is 4. The fourth-order valence-corrected chi connectivity index (χ4v) is 5.09. The van der Waals surface area contributed by atoms with Gasteiger partial charge >= 0.3 is 6.55 Å². The summed E-state index contributed by atoms with van der Waals surface area (Å²) in [6, 6.07) is 9.98. The zero-order valence-electron chi connectivity index (χ0n) is 14.8. The monoisotopic (exact) mass is 384 g/mol. The van der Waals surface area contributed by atoms with E-state index in [1.165, 1.54) is 23.7 Å². The van der Waals surface area contributed by atoms with Gasteiger partial charge in [-0.2, -0.15) is 18.2 Å². The summed E-state index contributed by atoms with van der Waals surface area (Å²) in [6.07, 6.45) is 0. The van der Waals surface area contributed by atoms with Crippen molar-refractivity contribution in [2.75, 3.05) is 26.2 Å². The fraction of sp³-hybridized carbons (Fsp3) is 0.471. The molecule has 142 valence electrons. The number of aromatic nitrogens is 2. The maximum absolute atomic E-state index is 13.0. The average Bonchev–Trinajstić information content (AvgIpc) is 2.91. The Balaban J connectivity index is 1.73. The summed E-state index contributed by atoms with van der Waals surface area (Å²) in [5.41, 5.74) is 1.26. The number of rotatable bonds is 5. The molecule has 0 saturated carbocycles. The first-order valence-electron chi connectivity index (χ1n) is 8.41.